The first-order valence-corrected chi connectivity index (χ1v) is 7.31. The Labute approximate surface area is 128 Å². The van der Waals surface area contributed by atoms with Gasteiger partial charge in [-0.1, -0.05) is 6.07 Å². The molecule has 0 bridgehead atoms. The van der Waals surface area contributed by atoms with Crippen molar-refractivity contribution in [2.45, 2.75) is 32.5 Å². The van der Waals surface area contributed by atoms with Gasteiger partial charge in [-0.05, 0) is 32.9 Å². The van der Waals surface area contributed by atoms with E-state index in [4.69, 9.17) is 4.74 Å². The number of pyridine rings is 1. The molecule has 1 aliphatic heterocycles. The highest BCUT2D eigenvalue weighted by molar-refractivity contribution is 5.94. The summed E-state index contributed by atoms with van der Waals surface area (Å²) >= 11 is 0. The van der Waals surface area contributed by atoms with Crippen LogP contribution in [0.15, 0.2) is 35.4 Å². The van der Waals surface area contributed by atoms with E-state index in [1.54, 1.807) is 29.3 Å². The number of aromatic nitrogens is 2. The molecule has 3 rings (SSSR count). The van der Waals surface area contributed by atoms with Gasteiger partial charge >= 0.3 is 0 Å². The lowest BCUT2D eigenvalue weighted by molar-refractivity contribution is -0.118. The number of fused-ring (bicyclic) bond motifs is 1. The summed E-state index contributed by atoms with van der Waals surface area (Å²) in [6.45, 7) is 6.72. The maximum absolute atomic E-state index is 12.7. The van der Waals surface area contributed by atoms with Gasteiger partial charge in [0.05, 0.1) is 11.7 Å². The van der Waals surface area contributed by atoms with Crippen molar-refractivity contribution in [2.75, 3.05) is 13.1 Å². The first-order chi connectivity index (χ1) is 10.4. The number of carbonyl (C=O) groups is 1. The fraction of sp³-hybridized carbons (Fsp3) is 0.438. The van der Waals surface area contributed by atoms with Crippen LogP contribution in [0.3, 0.4) is 0 Å². The molecule has 0 aromatic carbocycles. The molecular formula is C16H19N3O3. The van der Waals surface area contributed by atoms with Crippen LogP contribution >= 0.6 is 0 Å². The van der Waals surface area contributed by atoms with Crippen LogP contribution in [0, 0.1) is 0 Å². The topological polar surface area (TPSA) is 63.9 Å². The van der Waals surface area contributed by atoms with E-state index in [1.165, 1.54) is 10.6 Å². The Morgan fingerprint density at radius 2 is 2.18 bits per heavy atom. The highest BCUT2D eigenvalue weighted by Gasteiger charge is 2.34. The maximum atomic E-state index is 12.7. The van der Waals surface area contributed by atoms with E-state index < -0.39 is 5.60 Å². The van der Waals surface area contributed by atoms with Gasteiger partial charge in [-0.3, -0.25) is 14.0 Å². The van der Waals surface area contributed by atoms with Gasteiger partial charge in [-0.15, -0.1) is 0 Å². The minimum atomic E-state index is -0.423. The standard InChI is InChI=1S/C16H19N3O3/c1-11-9-18(10-16(2,3)22-11)14(20)12-8-17-13-6-4-5-7-19(13)15(12)21/h4-8,11H,9-10H2,1-3H3/t11-/m1/s1. The minimum absolute atomic E-state index is 0.0659. The Bertz CT molecular complexity index is 782. The maximum Gasteiger partial charge on any atom is 0.270 e. The minimum Gasteiger partial charge on any atom is -0.369 e. The highest BCUT2D eigenvalue weighted by Crippen LogP contribution is 2.21. The number of ether oxygens (including phenoxy) is 1. The summed E-state index contributed by atoms with van der Waals surface area (Å²) in [5.41, 5.74) is -0.144. The van der Waals surface area contributed by atoms with Crippen molar-refractivity contribution in [3.05, 3.63) is 46.5 Å². The van der Waals surface area contributed by atoms with Crippen LogP contribution in [0.5, 0.6) is 0 Å². The normalized spacial score (nSPS) is 21.0. The Morgan fingerprint density at radius 3 is 2.91 bits per heavy atom. The molecule has 22 heavy (non-hydrogen) atoms. The molecule has 0 saturated carbocycles. The van der Waals surface area contributed by atoms with Crippen molar-refractivity contribution in [3.8, 4) is 0 Å². The van der Waals surface area contributed by atoms with Gasteiger partial charge in [0.2, 0.25) is 0 Å². The van der Waals surface area contributed by atoms with Crippen molar-refractivity contribution < 1.29 is 9.53 Å². The number of amides is 1. The summed E-state index contributed by atoms with van der Waals surface area (Å²) in [6, 6.07) is 5.27. The molecule has 0 radical (unpaired) electrons. The lowest BCUT2D eigenvalue weighted by Gasteiger charge is -2.41. The predicted octanol–water partition coefficient (Wildman–Crippen LogP) is 1.33. The van der Waals surface area contributed by atoms with Crippen LogP contribution in [0.4, 0.5) is 0 Å². The van der Waals surface area contributed by atoms with Crippen molar-refractivity contribution in [2.24, 2.45) is 0 Å². The van der Waals surface area contributed by atoms with E-state index in [9.17, 15) is 9.59 Å². The molecule has 0 N–H and O–H groups in total. The lowest BCUT2D eigenvalue weighted by Crippen LogP contribution is -2.54. The zero-order valence-electron chi connectivity index (χ0n) is 12.9. The third-order valence-electron chi connectivity index (χ3n) is 3.70. The summed E-state index contributed by atoms with van der Waals surface area (Å²) < 4.78 is 7.19. The fourth-order valence-corrected chi connectivity index (χ4v) is 2.95. The molecule has 2 aromatic heterocycles. The SMILES string of the molecule is C[C@@H]1CN(C(=O)c2cnc3ccccn3c2=O)CC(C)(C)O1. The smallest absolute Gasteiger partial charge is 0.270 e. The van der Waals surface area contributed by atoms with Crippen LogP contribution in [0.25, 0.3) is 5.65 Å². The molecule has 6 heteroatoms. The van der Waals surface area contributed by atoms with E-state index >= 15 is 0 Å². The predicted molar refractivity (Wildman–Crippen MR) is 82.0 cm³/mol. The zero-order valence-corrected chi connectivity index (χ0v) is 12.9. The first kappa shape index (κ1) is 14.7. The van der Waals surface area contributed by atoms with Crippen LogP contribution < -0.4 is 5.56 Å². The van der Waals surface area contributed by atoms with Gasteiger partial charge in [0.25, 0.3) is 11.5 Å². The van der Waals surface area contributed by atoms with Crippen LogP contribution in [0.1, 0.15) is 31.1 Å². The van der Waals surface area contributed by atoms with Crippen LogP contribution in [-0.2, 0) is 4.74 Å². The summed E-state index contributed by atoms with van der Waals surface area (Å²) in [5, 5.41) is 0. The fourth-order valence-electron chi connectivity index (χ4n) is 2.95. The lowest BCUT2D eigenvalue weighted by atomic mass is 10.0. The molecule has 2 aromatic rings. The number of hydrogen-bond acceptors (Lipinski definition) is 4. The first-order valence-electron chi connectivity index (χ1n) is 7.31. The summed E-state index contributed by atoms with van der Waals surface area (Å²) in [6.07, 6.45) is 2.92. The largest absolute Gasteiger partial charge is 0.369 e. The molecule has 1 atom stereocenters. The number of carbonyl (C=O) groups excluding carboxylic acids is 1. The summed E-state index contributed by atoms with van der Waals surface area (Å²) in [4.78, 5) is 31.1. The second kappa shape index (κ2) is 5.21. The molecule has 6 nitrogen and oxygen atoms in total. The average Bonchev–Trinajstić information content (AvgIpc) is 2.45. The van der Waals surface area contributed by atoms with Gasteiger partial charge in [0.15, 0.2) is 0 Å². The third kappa shape index (κ3) is 2.62. The Kier molecular flexibility index (Phi) is 3.48. The van der Waals surface area contributed by atoms with Gasteiger partial charge in [-0.25, -0.2) is 4.98 Å². The third-order valence-corrected chi connectivity index (χ3v) is 3.70. The number of morpholine rings is 1. The molecule has 0 aliphatic carbocycles. The number of hydrogen-bond donors (Lipinski definition) is 0. The van der Waals surface area contributed by atoms with Crippen LogP contribution in [-0.4, -0.2) is 45.0 Å². The van der Waals surface area contributed by atoms with Crippen molar-refractivity contribution in [1.29, 1.82) is 0 Å². The molecule has 1 amide bonds. The summed E-state index contributed by atoms with van der Waals surface area (Å²) in [7, 11) is 0. The van der Waals surface area contributed by atoms with Crippen molar-refractivity contribution >= 4 is 11.6 Å². The molecule has 0 spiro atoms. The molecule has 116 valence electrons. The molecule has 3 heterocycles. The van der Waals surface area contributed by atoms with Gasteiger partial charge in [0.1, 0.15) is 11.2 Å². The van der Waals surface area contributed by atoms with Gasteiger partial charge < -0.3 is 9.64 Å². The Balaban J connectivity index is 1.99. The number of nitrogens with zero attached hydrogens (tertiary/aromatic N) is 3. The van der Waals surface area contributed by atoms with Gasteiger partial charge in [-0.2, -0.15) is 0 Å². The molecule has 1 aliphatic rings. The highest BCUT2D eigenvalue weighted by atomic mass is 16.5. The molecular weight excluding hydrogens is 282 g/mol. The van der Waals surface area contributed by atoms with E-state index in [2.05, 4.69) is 4.98 Å². The van der Waals surface area contributed by atoms with E-state index in [0.29, 0.717) is 18.7 Å². The van der Waals surface area contributed by atoms with E-state index in [0.717, 1.165) is 0 Å². The average molecular weight is 301 g/mol. The Hall–Kier alpha value is -2.21. The monoisotopic (exact) mass is 301 g/mol. The van der Waals surface area contributed by atoms with Crippen molar-refractivity contribution in [3.63, 3.8) is 0 Å². The zero-order chi connectivity index (χ0) is 15.9. The van der Waals surface area contributed by atoms with Crippen LogP contribution in [0.2, 0.25) is 0 Å². The van der Waals surface area contributed by atoms with E-state index in [1.807, 2.05) is 20.8 Å². The molecule has 0 unspecified atom stereocenters. The second-order valence-electron chi connectivity index (χ2n) is 6.28. The van der Waals surface area contributed by atoms with Crippen molar-refractivity contribution in [1.82, 2.24) is 14.3 Å². The number of rotatable bonds is 1. The molecule has 1 fully saturated rings. The quantitative estimate of drug-likeness (QED) is 0.797. The van der Waals surface area contributed by atoms with Gasteiger partial charge in [0, 0.05) is 25.5 Å². The molecule has 1 saturated heterocycles. The van der Waals surface area contributed by atoms with E-state index in [-0.39, 0.29) is 23.1 Å². The summed E-state index contributed by atoms with van der Waals surface area (Å²) in [5.74, 6) is -0.293. The Morgan fingerprint density at radius 1 is 1.41 bits per heavy atom. The second-order valence-corrected chi connectivity index (χ2v) is 6.28.